The summed E-state index contributed by atoms with van der Waals surface area (Å²) in [6.07, 6.45) is 1.08. The van der Waals surface area contributed by atoms with E-state index >= 15 is 0 Å². The van der Waals surface area contributed by atoms with Crippen molar-refractivity contribution in [2.45, 2.75) is 13.0 Å². The van der Waals surface area contributed by atoms with Crippen LogP contribution in [0.3, 0.4) is 0 Å². The summed E-state index contributed by atoms with van der Waals surface area (Å²) < 4.78 is 0. The SMILES string of the molecule is CC(Nc1nc(N)ncc1[N+](=O)[O-])c1ccc(Cl)cc1. The first-order chi connectivity index (χ1) is 9.47. The first-order valence-corrected chi connectivity index (χ1v) is 6.14. The van der Waals surface area contributed by atoms with Crippen LogP contribution in [0.25, 0.3) is 0 Å². The van der Waals surface area contributed by atoms with E-state index in [0.717, 1.165) is 11.8 Å². The number of nitrogen functional groups attached to an aromatic ring is 1. The van der Waals surface area contributed by atoms with E-state index in [0.29, 0.717) is 5.02 Å². The lowest BCUT2D eigenvalue weighted by Crippen LogP contribution is -2.11. The molecule has 1 aromatic heterocycles. The first kappa shape index (κ1) is 14.0. The molecular formula is C12H12ClN5O2. The highest BCUT2D eigenvalue weighted by Gasteiger charge is 2.18. The molecule has 0 fully saturated rings. The summed E-state index contributed by atoms with van der Waals surface area (Å²) >= 11 is 5.82. The Morgan fingerprint density at radius 2 is 2.05 bits per heavy atom. The number of rotatable bonds is 4. The minimum Gasteiger partial charge on any atom is -0.368 e. The van der Waals surface area contributed by atoms with Crippen molar-refractivity contribution >= 4 is 29.1 Å². The number of hydrogen-bond acceptors (Lipinski definition) is 6. The Morgan fingerprint density at radius 1 is 1.40 bits per heavy atom. The summed E-state index contributed by atoms with van der Waals surface area (Å²) in [5.74, 6) is 0.0614. The van der Waals surface area contributed by atoms with Gasteiger partial charge in [-0.3, -0.25) is 10.1 Å². The molecule has 0 radical (unpaired) electrons. The van der Waals surface area contributed by atoms with Gasteiger partial charge >= 0.3 is 5.69 Å². The fraction of sp³-hybridized carbons (Fsp3) is 0.167. The summed E-state index contributed by atoms with van der Waals surface area (Å²) in [7, 11) is 0. The number of aromatic nitrogens is 2. The van der Waals surface area contributed by atoms with Crippen LogP contribution in [0.15, 0.2) is 30.5 Å². The Morgan fingerprint density at radius 3 is 2.65 bits per heavy atom. The standard InChI is InChI=1S/C12H12ClN5O2/c1-7(8-2-4-9(13)5-3-8)16-11-10(18(19)20)6-15-12(14)17-11/h2-7H,1H3,(H3,14,15,16,17). The summed E-state index contributed by atoms with van der Waals surface area (Å²) in [4.78, 5) is 17.8. The van der Waals surface area contributed by atoms with Gasteiger partial charge in [0.1, 0.15) is 6.20 Å². The number of benzene rings is 1. The molecule has 0 saturated carbocycles. The number of hydrogen-bond donors (Lipinski definition) is 2. The molecule has 2 rings (SSSR count). The lowest BCUT2D eigenvalue weighted by molar-refractivity contribution is -0.384. The Kier molecular flexibility index (Phi) is 3.99. The average molecular weight is 294 g/mol. The molecule has 1 unspecified atom stereocenters. The lowest BCUT2D eigenvalue weighted by Gasteiger charge is -2.15. The van der Waals surface area contributed by atoms with Crippen LogP contribution in [0.5, 0.6) is 0 Å². The number of nitrogens with one attached hydrogen (secondary N) is 1. The molecule has 0 aliphatic rings. The van der Waals surface area contributed by atoms with Gasteiger partial charge in [-0.1, -0.05) is 23.7 Å². The fourth-order valence-corrected chi connectivity index (χ4v) is 1.79. The quantitative estimate of drug-likeness (QED) is 0.663. The summed E-state index contributed by atoms with van der Waals surface area (Å²) in [6, 6.07) is 6.96. The molecule has 0 amide bonds. The molecule has 1 aromatic carbocycles. The van der Waals surface area contributed by atoms with Gasteiger partial charge in [0.05, 0.1) is 11.0 Å². The van der Waals surface area contributed by atoms with Crippen molar-refractivity contribution in [3.05, 3.63) is 51.2 Å². The average Bonchev–Trinajstić information content (AvgIpc) is 2.39. The molecular weight excluding hydrogens is 282 g/mol. The maximum Gasteiger partial charge on any atom is 0.329 e. The van der Waals surface area contributed by atoms with E-state index in [2.05, 4.69) is 15.3 Å². The van der Waals surface area contributed by atoms with Gasteiger partial charge in [-0.05, 0) is 24.6 Å². The third kappa shape index (κ3) is 3.12. The number of nitrogens with two attached hydrogens (primary N) is 1. The van der Waals surface area contributed by atoms with E-state index in [-0.39, 0.29) is 23.5 Å². The molecule has 1 heterocycles. The molecule has 0 bridgehead atoms. The molecule has 0 aliphatic carbocycles. The second-order valence-electron chi connectivity index (χ2n) is 4.14. The Labute approximate surface area is 120 Å². The van der Waals surface area contributed by atoms with E-state index < -0.39 is 4.92 Å². The number of nitro groups is 1. The van der Waals surface area contributed by atoms with Gasteiger partial charge in [0.2, 0.25) is 11.8 Å². The molecule has 7 nitrogen and oxygen atoms in total. The van der Waals surface area contributed by atoms with Gasteiger partial charge in [-0.25, -0.2) is 4.98 Å². The van der Waals surface area contributed by atoms with E-state index in [9.17, 15) is 10.1 Å². The van der Waals surface area contributed by atoms with Crippen molar-refractivity contribution in [1.29, 1.82) is 0 Å². The normalized spacial score (nSPS) is 11.9. The number of halogens is 1. The van der Waals surface area contributed by atoms with Gasteiger partial charge < -0.3 is 11.1 Å². The van der Waals surface area contributed by atoms with Gasteiger partial charge in [-0.2, -0.15) is 4.98 Å². The zero-order valence-corrected chi connectivity index (χ0v) is 11.3. The highest BCUT2D eigenvalue weighted by molar-refractivity contribution is 6.30. The lowest BCUT2D eigenvalue weighted by atomic mass is 10.1. The van der Waals surface area contributed by atoms with Crippen LogP contribution < -0.4 is 11.1 Å². The van der Waals surface area contributed by atoms with Crippen LogP contribution in [-0.4, -0.2) is 14.9 Å². The fourth-order valence-electron chi connectivity index (χ4n) is 1.67. The first-order valence-electron chi connectivity index (χ1n) is 5.76. The number of nitrogens with zero attached hydrogens (tertiary/aromatic N) is 3. The molecule has 0 saturated heterocycles. The number of anilines is 2. The second-order valence-corrected chi connectivity index (χ2v) is 4.57. The van der Waals surface area contributed by atoms with E-state index in [1.165, 1.54) is 0 Å². The van der Waals surface area contributed by atoms with Gasteiger partial charge in [0, 0.05) is 5.02 Å². The van der Waals surface area contributed by atoms with E-state index in [1.807, 2.05) is 19.1 Å². The highest BCUT2D eigenvalue weighted by atomic mass is 35.5. The Bertz CT molecular complexity index is 632. The van der Waals surface area contributed by atoms with Crippen molar-refractivity contribution in [3.8, 4) is 0 Å². The predicted octanol–water partition coefficient (Wildman–Crippen LogP) is 2.79. The molecule has 8 heteroatoms. The molecule has 1 atom stereocenters. The zero-order valence-electron chi connectivity index (χ0n) is 10.6. The predicted molar refractivity (Wildman–Crippen MR) is 76.6 cm³/mol. The minimum absolute atomic E-state index is 0.0265. The van der Waals surface area contributed by atoms with Crippen LogP contribution >= 0.6 is 11.6 Å². The molecule has 2 aromatic rings. The maximum absolute atomic E-state index is 10.9. The van der Waals surface area contributed by atoms with E-state index in [4.69, 9.17) is 17.3 Å². The third-order valence-corrected chi connectivity index (χ3v) is 2.96. The van der Waals surface area contributed by atoms with Gasteiger partial charge in [0.15, 0.2) is 0 Å². The summed E-state index contributed by atoms with van der Waals surface area (Å²) in [6.45, 7) is 1.85. The monoisotopic (exact) mass is 293 g/mol. The zero-order chi connectivity index (χ0) is 14.7. The topological polar surface area (TPSA) is 107 Å². The maximum atomic E-state index is 10.9. The molecule has 0 aliphatic heterocycles. The molecule has 104 valence electrons. The molecule has 20 heavy (non-hydrogen) atoms. The summed E-state index contributed by atoms with van der Waals surface area (Å²) in [5.41, 5.74) is 6.15. The van der Waals surface area contributed by atoms with Crippen molar-refractivity contribution < 1.29 is 4.92 Å². The Balaban J connectivity index is 2.27. The summed E-state index contributed by atoms with van der Waals surface area (Å²) in [5, 5.41) is 14.5. The molecule has 0 spiro atoms. The smallest absolute Gasteiger partial charge is 0.329 e. The second kappa shape index (κ2) is 5.70. The van der Waals surface area contributed by atoms with Gasteiger partial charge in [0.25, 0.3) is 0 Å². The van der Waals surface area contributed by atoms with Crippen LogP contribution in [0, 0.1) is 10.1 Å². The van der Waals surface area contributed by atoms with Crippen LogP contribution in [0.2, 0.25) is 5.02 Å². The van der Waals surface area contributed by atoms with Crippen LogP contribution in [0.4, 0.5) is 17.5 Å². The largest absolute Gasteiger partial charge is 0.368 e. The highest BCUT2D eigenvalue weighted by Crippen LogP contribution is 2.26. The minimum atomic E-state index is -0.559. The Hall–Kier alpha value is -2.41. The molecule has 3 N–H and O–H groups in total. The van der Waals surface area contributed by atoms with Crippen molar-refractivity contribution in [3.63, 3.8) is 0 Å². The van der Waals surface area contributed by atoms with Crippen molar-refractivity contribution in [2.24, 2.45) is 0 Å². The van der Waals surface area contributed by atoms with Gasteiger partial charge in [-0.15, -0.1) is 0 Å². The van der Waals surface area contributed by atoms with E-state index in [1.54, 1.807) is 12.1 Å². The van der Waals surface area contributed by atoms with Crippen molar-refractivity contribution in [2.75, 3.05) is 11.1 Å². The van der Waals surface area contributed by atoms with Crippen molar-refractivity contribution in [1.82, 2.24) is 9.97 Å². The third-order valence-electron chi connectivity index (χ3n) is 2.71. The van der Waals surface area contributed by atoms with Crippen LogP contribution in [0.1, 0.15) is 18.5 Å². The van der Waals surface area contributed by atoms with Crippen LogP contribution in [-0.2, 0) is 0 Å².